The largest absolute Gasteiger partial charge is 0.384 e. The van der Waals surface area contributed by atoms with Crippen molar-refractivity contribution in [2.24, 2.45) is 5.73 Å². The fraction of sp³-hybridized carbons (Fsp3) is 0.621. The molecule has 2 aromatic rings. The molecule has 1 saturated heterocycles. The third kappa shape index (κ3) is 8.58. The molecule has 3 aliphatic rings. The molecular weight excluding hydrogens is 496 g/mol. The van der Waals surface area contributed by atoms with Gasteiger partial charge in [0.15, 0.2) is 5.82 Å². The number of benzene rings is 1. The van der Waals surface area contributed by atoms with E-state index in [1.807, 2.05) is 13.8 Å². The number of likely N-dealkylation sites (N-methyl/N-ethyl adjacent to an activating group) is 1. The second-order valence-corrected chi connectivity index (χ2v) is 11.7. The fourth-order valence-corrected chi connectivity index (χ4v) is 6.56. The molecule has 5 rings (SSSR count). The number of thioether (sulfide) groups is 1. The molecule has 2 saturated carbocycles. The minimum Gasteiger partial charge on any atom is -0.384 e. The van der Waals surface area contributed by atoms with Crippen LogP contribution >= 0.6 is 11.8 Å². The molecule has 9 heteroatoms. The van der Waals surface area contributed by atoms with Crippen LogP contribution in [0.2, 0.25) is 0 Å². The molecule has 1 aliphatic heterocycles. The maximum absolute atomic E-state index is 8.58. The Kier molecular flexibility index (Phi) is 12.1. The van der Waals surface area contributed by atoms with Crippen molar-refractivity contribution in [1.82, 2.24) is 14.9 Å². The zero-order valence-electron chi connectivity index (χ0n) is 23.6. The van der Waals surface area contributed by atoms with Crippen molar-refractivity contribution < 1.29 is 9.53 Å². The first kappa shape index (κ1) is 30.2. The first-order chi connectivity index (χ1) is 18.5. The highest BCUT2D eigenvalue weighted by Gasteiger charge is 2.48. The van der Waals surface area contributed by atoms with E-state index < -0.39 is 0 Å². The van der Waals surface area contributed by atoms with E-state index in [9.17, 15) is 0 Å². The Hall–Kier alpha value is -2.36. The minimum atomic E-state index is 0.196. The summed E-state index contributed by atoms with van der Waals surface area (Å²) < 4.78 is 5.79. The zero-order valence-corrected chi connectivity index (χ0v) is 24.4. The first-order valence-electron chi connectivity index (χ1n) is 14.1. The maximum atomic E-state index is 8.58. The lowest BCUT2D eigenvalue weighted by Gasteiger charge is -2.29. The van der Waals surface area contributed by atoms with Crippen LogP contribution in [0.1, 0.15) is 58.1 Å². The van der Waals surface area contributed by atoms with E-state index in [0.29, 0.717) is 0 Å². The Morgan fingerprint density at radius 2 is 1.76 bits per heavy atom. The van der Waals surface area contributed by atoms with Gasteiger partial charge >= 0.3 is 0 Å². The molecule has 3 N–H and O–H groups in total. The number of carbonyl (C=O) groups excluding carboxylic acids is 1. The number of rotatable bonds is 9. The van der Waals surface area contributed by atoms with Crippen LogP contribution < -0.4 is 16.0 Å². The van der Waals surface area contributed by atoms with Crippen molar-refractivity contribution >= 4 is 29.7 Å². The number of nitrogens with one attached hydrogen (secondary N) is 1. The van der Waals surface area contributed by atoms with E-state index >= 15 is 0 Å². The van der Waals surface area contributed by atoms with Crippen molar-refractivity contribution in [3.8, 4) is 11.4 Å². The summed E-state index contributed by atoms with van der Waals surface area (Å²) in [5, 5.41) is 4.29. The molecule has 0 unspecified atom stereocenters. The smallest absolute Gasteiger partial charge is 0.204 e. The summed E-state index contributed by atoms with van der Waals surface area (Å²) in [6, 6.07) is 10.9. The molecule has 0 atom stereocenters. The second-order valence-electron chi connectivity index (χ2n) is 10.00. The summed E-state index contributed by atoms with van der Waals surface area (Å²) >= 11 is 2.20. The lowest BCUT2D eigenvalue weighted by Crippen LogP contribution is -2.37. The predicted octanol–water partition coefficient (Wildman–Crippen LogP) is 4.75. The van der Waals surface area contributed by atoms with Gasteiger partial charge in [0.1, 0.15) is 5.82 Å². The summed E-state index contributed by atoms with van der Waals surface area (Å²) in [5.41, 5.74) is 7.63. The molecule has 2 heterocycles. The van der Waals surface area contributed by atoms with E-state index in [2.05, 4.69) is 77.0 Å². The van der Waals surface area contributed by atoms with Gasteiger partial charge in [-0.25, -0.2) is 9.97 Å². The molecule has 0 bridgehead atoms. The van der Waals surface area contributed by atoms with Crippen LogP contribution in [-0.2, 0) is 14.3 Å². The van der Waals surface area contributed by atoms with Crippen LogP contribution in [0.3, 0.4) is 0 Å². The Bertz CT molecular complexity index is 972. The fourth-order valence-electron chi connectivity index (χ4n) is 4.79. The molecule has 3 fully saturated rings. The molecule has 8 nitrogen and oxygen atoms in total. The molecule has 0 spiro atoms. The average Bonchev–Trinajstić information content (AvgIpc) is 3.55. The van der Waals surface area contributed by atoms with Crippen LogP contribution in [0, 0.1) is 0 Å². The van der Waals surface area contributed by atoms with Crippen LogP contribution in [0.25, 0.3) is 11.4 Å². The molecule has 210 valence electrons. The molecule has 1 amide bonds. The average molecular weight is 543 g/mol. The van der Waals surface area contributed by atoms with E-state index in [1.54, 1.807) is 0 Å². The lowest BCUT2D eigenvalue weighted by molar-refractivity contribution is -0.106. The standard InChI is InChI=1S/C26H37N5OS.C2H6.CH3NO/c1-30(2)14-13-27-21-9-7-20(8-10-21)25-28-23(19-24(29-25)31-15-17-32-18-16-31)26(11-12-26)33-22-5-3-4-6-22;1-2;2-1-3/h7-10,19,22,27H,3-6,11-18H2,1-2H3;1-2H3;1H,(H2,2,3). The van der Waals surface area contributed by atoms with Gasteiger partial charge in [-0.3, -0.25) is 4.79 Å². The SMILES string of the molecule is CC.CN(C)CCNc1ccc(-c2nc(N3CCOCC3)cc(C3(SC4CCCC4)CC3)n2)cc1.NC=O. The number of nitrogens with zero attached hydrogens (tertiary/aromatic N) is 4. The molecule has 2 aliphatic carbocycles. The van der Waals surface area contributed by atoms with Crippen molar-refractivity contribution in [3.63, 3.8) is 0 Å². The van der Waals surface area contributed by atoms with E-state index in [4.69, 9.17) is 19.5 Å². The first-order valence-corrected chi connectivity index (χ1v) is 15.0. The number of hydrogen-bond acceptors (Lipinski definition) is 8. The number of ether oxygens (including phenoxy) is 1. The summed E-state index contributed by atoms with van der Waals surface area (Å²) in [6.45, 7) is 9.27. The van der Waals surface area contributed by atoms with Gasteiger partial charge in [0, 0.05) is 48.7 Å². The third-order valence-electron chi connectivity index (χ3n) is 6.94. The maximum Gasteiger partial charge on any atom is 0.204 e. The number of aromatic nitrogens is 2. The highest BCUT2D eigenvalue weighted by Crippen LogP contribution is 2.60. The van der Waals surface area contributed by atoms with Gasteiger partial charge in [-0.1, -0.05) is 26.7 Å². The summed E-state index contributed by atoms with van der Waals surface area (Å²) in [7, 11) is 4.19. The monoisotopic (exact) mass is 542 g/mol. The van der Waals surface area contributed by atoms with E-state index in [-0.39, 0.29) is 11.2 Å². The van der Waals surface area contributed by atoms with Crippen molar-refractivity contribution in [2.45, 2.75) is 62.4 Å². The van der Waals surface area contributed by atoms with Gasteiger partial charge < -0.3 is 25.6 Å². The summed E-state index contributed by atoms with van der Waals surface area (Å²) in [4.78, 5) is 23.3. The Morgan fingerprint density at radius 1 is 1.13 bits per heavy atom. The minimum absolute atomic E-state index is 0.196. The van der Waals surface area contributed by atoms with Gasteiger partial charge in [-0.05, 0) is 64.0 Å². The predicted molar refractivity (Wildman–Crippen MR) is 160 cm³/mol. The number of anilines is 2. The highest BCUT2D eigenvalue weighted by atomic mass is 32.2. The van der Waals surface area contributed by atoms with Crippen molar-refractivity contribution in [2.75, 3.05) is 63.7 Å². The van der Waals surface area contributed by atoms with Gasteiger partial charge in [0.25, 0.3) is 0 Å². The molecule has 0 radical (unpaired) electrons. The third-order valence-corrected chi connectivity index (χ3v) is 8.82. The number of amides is 1. The van der Waals surface area contributed by atoms with Gasteiger partial charge in [-0.15, -0.1) is 11.8 Å². The van der Waals surface area contributed by atoms with Crippen LogP contribution in [-0.4, -0.2) is 80.0 Å². The van der Waals surface area contributed by atoms with Crippen LogP contribution in [0.15, 0.2) is 30.3 Å². The van der Waals surface area contributed by atoms with Crippen LogP contribution in [0.5, 0.6) is 0 Å². The van der Waals surface area contributed by atoms with E-state index in [1.165, 1.54) is 44.2 Å². The molecule has 1 aromatic carbocycles. The normalized spacial score (nSPS) is 18.2. The number of nitrogens with two attached hydrogens (primary N) is 1. The van der Waals surface area contributed by atoms with Gasteiger partial charge in [0.2, 0.25) is 6.41 Å². The second kappa shape index (κ2) is 15.3. The lowest BCUT2D eigenvalue weighted by atomic mass is 10.1. The van der Waals surface area contributed by atoms with Crippen LogP contribution in [0.4, 0.5) is 11.5 Å². The molecule has 1 aromatic heterocycles. The number of primary amides is 1. The Morgan fingerprint density at radius 3 is 2.34 bits per heavy atom. The van der Waals surface area contributed by atoms with Crippen molar-refractivity contribution in [1.29, 1.82) is 0 Å². The summed E-state index contributed by atoms with van der Waals surface area (Å²) in [6.07, 6.45) is 8.23. The summed E-state index contributed by atoms with van der Waals surface area (Å²) in [5.74, 6) is 1.91. The zero-order chi connectivity index (χ0) is 27.4. The number of hydrogen-bond donors (Lipinski definition) is 2. The Balaban J connectivity index is 0.000000748. The van der Waals surface area contributed by atoms with Gasteiger partial charge in [-0.2, -0.15) is 0 Å². The van der Waals surface area contributed by atoms with Gasteiger partial charge in [0.05, 0.1) is 23.7 Å². The Labute approximate surface area is 233 Å². The quantitative estimate of drug-likeness (QED) is 0.439. The highest BCUT2D eigenvalue weighted by molar-refractivity contribution is 8.01. The molecular formula is C29H46N6O2S. The number of morpholine rings is 1. The topological polar surface area (TPSA) is 96.6 Å². The molecule has 38 heavy (non-hydrogen) atoms. The number of carbonyl (C=O) groups is 1. The van der Waals surface area contributed by atoms with Crippen molar-refractivity contribution in [3.05, 3.63) is 36.0 Å². The van der Waals surface area contributed by atoms with E-state index in [0.717, 1.165) is 67.5 Å².